The summed E-state index contributed by atoms with van der Waals surface area (Å²) in [6, 6.07) is 16.9. The van der Waals surface area contributed by atoms with Gasteiger partial charge in [0.2, 0.25) is 0 Å². The number of ether oxygens (including phenoxy) is 2. The molecular formula is C22H25NO4S2. The van der Waals surface area contributed by atoms with Gasteiger partial charge >= 0.3 is 0 Å². The Hall–Kier alpha value is -2.51. The number of anilines is 1. The fraction of sp³-hybridized carbons (Fsp3) is 0.273. The second-order valence-electron chi connectivity index (χ2n) is 6.61. The Bertz CT molecular complexity index is 1050. The zero-order valence-electron chi connectivity index (χ0n) is 16.8. The molecule has 0 spiro atoms. The highest BCUT2D eigenvalue weighted by atomic mass is 32.2. The number of sulfone groups is 1. The summed E-state index contributed by atoms with van der Waals surface area (Å²) in [5, 5.41) is 2.02. The monoisotopic (exact) mass is 431 g/mol. The van der Waals surface area contributed by atoms with Crippen molar-refractivity contribution < 1.29 is 17.9 Å². The lowest BCUT2D eigenvalue weighted by Crippen LogP contribution is -2.24. The molecule has 3 aromatic rings. The van der Waals surface area contributed by atoms with E-state index in [0.717, 1.165) is 10.4 Å². The molecule has 1 heterocycles. The normalized spacial score (nSPS) is 11.3. The number of benzene rings is 2. The topological polar surface area (TPSA) is 55.8 Å². The Labute approximate surface area is 176 Å². The third-order valence-electron chi connectivity index (χ3n) is 4.54. The van der Waals surface area contributed by atoms with Crippen LogP contribution in [0.2, 0.25) is 0 Å². The quantitative estimate of drug-likeness (QED) is 0.489. The highest BCUT2D eigenvalue weighted by Gasteiger charge is 2.18. The van der Waals surface area contributed by atoms with Gasteiger partial charge in [-0.25, -0.2) is 8.42 Å². The number of hydrogen-bond donors (Lipinski definition) is 0. The standard InChI is InChI=1S/C22H25NO4S2/c1-4-23(19-9-5-6-10-22(19)29(3,24)25)15-17-11-12-20(21(14-17)26-2)27-16-18-8-7-13-28-18/h5-14H,4,15-16H2,1-3H3. The first-order valence-electron chi connectivity index (χ1n) is 9.28. The maximum atomic E-state index is 12.2. The molecular weight excluding hydrogens is 406 g/mol. The minimum atomic E-state index is -3.31. The van der Waals surface area contributed by atoms with Crippen LogP contribution in [0.25, 0.3) is 0 Å². The molecule has 154 valence electrons. The molecule has 0 fully saturated rings. The van der Waals surface area contributed by atoms with E-state index in [-0.39, 0.29) is 0 Å². The first kappa shape index (κ1) is 21.2. The first-order chi connectivity index (χ1) is 13.9. The van der Waals surface area contributed by atoms with Crippen molar-refractivity contribution in [3.05, 3.63) is 70.4 Å². The van der Waals surface area contributed by atoms with Crippen molar-refractivity contribution in [2.45, 2.75) is 25.0 Å². The highest BCUT2D eigenvalue weighted by Crippen LogP contribution is 2.31. The van der Waals surface area contributed by atoms with Crippen LogP contribution in [0.3, 0.4) is 0 Å². The number of para-hydroxylation sites is 1. The second-order valence-corrected chi connectivity index (χ2v) is 9.62. The maximum absolute atomic E-state index is 12.2. The molecule has 0 saturated carbocycles. The van der Waals surface area contributed by atoms with Gasteiger partial charge in [0, 0.05) is 24.2 Å². The first-order valence-corrected chi connectivity index (χ1v) is 12.1. The summed E-state index contributed by atoms with van der Waals surface area (Å²) in [6.45, 7) is 3.74. The van der Waals surface area contributed by atoms with Gasteiger partial charge in [-0.05, 0) is 48.2 Å². The lowest BCUT2D eigenvalue weighted by Gasteiger charge is -2.25. The van der Waals surface area contributed by atoms with Gasteiger partial charge in [0.15, 0.2) is 21.3 Å². The summed E-state index contributed by atoms with van der Waals surface area (Å²) in [5.74, 6) is 1.34. The number of nitrogens with zero attached hydrogens (tertiary/aromatic N) is 1. The van der Waals surface area contributed by atoms with E-state index in [1.807, 2.05) is 59.7 Å². The predicted octanol–water partition coefficient (Wildman–Crippen LogP) is 4.77. The average molecular weight is 432 g/mol. The Morgan fingerprint density at radius 2 is 1.83 bits per heavy atom. The molecule has 0 atom stereocenters. The zero-order chi connectivity index (χ0) is 20.9. The van der Waals surface area contributed by atoms with Gasteiger partial charge in [-0.3, -0.25) is 0 Å². The number of rotatable bonds is 9. The maximum Gasteiger partial charge on any atom is 0.177 e. The summed E-state index contributed by atoms with van der Waals surface area (Å²) in [7, 11) is -1.70. The fourth-order valence-electron chi connectivity index (χ4n) is 3.09. The lowest BCUT2D eigenvalue weighted by molar-refractivity contribution is 0.287. The van der Waals surface area contributed by atoms with Crippen molar-refractivity contribution in [1.29, 1.82) is 0 Å². The van der Waals surface area contributed by atoms with Crippen LogP contribution in [0.1, 0.15) is 17.4 Å². The summed E-state index contributed by atoms with van der Waals surface area (Å²) in [6.07, 6.45) is 1.24. The average Bonchev–Trinajstić information content (AvgIpc) is 3.24. The van der Waals surface area contributed by atoms with Crippen molar-refractivity contribution in [2.24, 2.45) is 0 Å². The van der Waals surface area contributed by atoms with Crippen LogP contribution in [0, 0.1) is 0 Å². The molecule has 2 aromatic carbocycles. The molecule has 3 rings (SSSR count). The number of thiophene rings is 1. The SMILES string of the molecule is CCN(Cc1ccc(OCc2cccs2)c(OC)c1)c1ccccc1S(C)(=O)=O. The Balaban J connectivity index is 1.82. The zero-order valence-corrected chi connectivity index (χ0v) is 18.4. The van der Waals surface area contributed by atoms with Crippen molar-refractivity contribution in [3.63, 3.8) is 0 Å². The minimum Gasteiger partial charge on any atom is -0.493 e. The van der Waals surface area contributed by atoms with E-state index in [9.17, 15) is 8.42 Å². The van der Waals surface area contributed by atoms with Crippen molar-refractivity contribution in [3.8, 4) is 11.5 Å². The van der Waals surface area contributed by atoms with Crippen LogP contribution < -0.4 is 14.4 Å². The lowest BCUT2D eigenvalue weighted by atomic mass is 10.1. The van der Waals surface area contributed by atoms with E-state index in [4.69, 9.17) is 9.47 Å². The molecule has 1 aromatic heterocycles. The molecule has 7 heteroatoms. The van der Waals surface area contributed by atoms with E-state index in [1.54, 1.807) is 30.6 Å². The van der Waals surface area contributed by atoms with Crippen LogP contribution in [-0.2, 0) is 23.0 Å². The molecule has 29 heavy (non-hydrogen) atoms. The summed E-state index contributed by atoms with van der Waals surface area (Å²) in [4.78, 5) is 3.52. The third-order valence-corrected chi connectivity index (χ3v) is 6.53. The smallest absolute Gasteiger partial charge is 0.177 e. The summed E-state index contributed by atoms with van der Waals surface area (Å²) < 4.78 is 35.8. The Morgan fingerprint density at radius 3 is 2.48 bits per heavy atom. The molecule has 0 aliphatic heterocycles. The second kappa shape index (κ2) is 9.33. The van der Waals surface area contributed by atoms with Crippen LogP contribution in [-0.4, -0.2) is 28.3 Å². The molecule has 0 N–H and O–H groups in total. The van der Waals surface area contributed by atoms with Gasteiger partial charge in [0.1, 0.15) is 6.61 Å². The number of methoxy groups -OCH3 is 1. The molecule has 5 nitrogen and oxygen atoms in total. The Kier molecular flexibility index (Phi) is 6.82. The van der Waals surface area contributed by atoms with E-state index in [2.05, 4.69) is 0 Å². The van der Waals surface area contributed by atoms with E-state index in [0.29, 0.717) is 41.8 Å². The van der Waals surface area contributed by atoms with Crippen molar-refractivity contribution in [1.82, 2.24) is 0 Å². The van der Waals surface area contributed by atoms with Gasteiger partial charge in [0.05, 0.1) is 17.7 Å². The van der Waals surface area contributed by atoms with Gasteiger partial charge in [0.25, 0.3) is 0 Å². The molecule has 0 aliphatic rings. The van der Waals surface area contributed by atoms with Crippen LogP contribution in [0.4, 0.5) is 5.69 Å². The number of hydrogen-bond acceptors (Lipinski definition) is 6. The third kappa shape index (κ3) is 5.31. The van der Waals surface area contributed by atoms with Gasteiger partial charge < -0.3 is 14.4 Å². The fourth-order valence-corrected chi connectivity index (χ4v) is 4.61. The molecule has 0 saturated heterocycles. The highest BCUT2D eigenvalue weighted by molar-refractivity contribution is 7.90. The van der Waals surface area contributed by atoms with Crippen molar-refractivity contribution in [2.75, 3.05) is 24.8 Å². The largest absolute Gasteiger partial charge is 0.493 e. The predicted molar refractivity (Wildman–Crippen MR) is 118 cm³/mol. The molecule has 0 amide bonds. The van der Waals surface area contributed by atoms with E-state index < -0.39 is 9.84 Å². The van der Waals surface area contributed by atoms with Gasteiger partial charge in [-0.15, -0.1) is 11.3 Å². The minimum absolute atomic E-state index is 0.338. The van der Waals surface area contributed by atoms with Gasteiger partial charge in [-0.2, -0.15) is 0 Å². The van der Waals surface area contributed by atoms with E-state index in [1.165, 1.54) is 6.26 Å². The molecule has 0 radical (unpaired) electrons. The molecule has 0 unspecified atom stereocenters. The van der Waals surface area contributed by atoms with Crippen LogP contribution in [0.5, 0.6) is 11.5 Å². The van der Waals surface area contributed by atoms with Crippen molar-refractivity contribution >= 4 is 26.9 Å². The van der Waals surface area contributed by atoms with Crippen LogP contribution in [0.15, 0.2) is 64.9 Å². The summed E-state index contributed by atoms with van der Waals surface area (Å²) in [5.41, 5.74) is 1.71. The molecule has 0 bridgehead atoms. The summed E-state index contributed by atoms with van der Waals surface area (Å²) >= 11 is 1.65. The van der Waals surface area contributed by atoms with E-state index >= 15 is 0 Å². The van der Waals surface area contributed by atoms with Gasteiger partial charge in [-0.1, -0.05) is 24.3 Å². The Morgan fingerprint density at radius 1 is 1.03 bits per heavy atom. The van der Waals surface area contributed by atoms with Crippen LogP contribution >= 0.6 is 11.3 Å². The molecule has 0 aliphatic carbocycles.